The highest BCUT2D eigenvalue weighted by atomic mass is 14.6. The second-order valence-corrected chi connectivity index (χ2v) is 8.71. The van der Waals surface area contributed by atoms with Gasteiger partial charge in [-0.05, 0) is 67.1 Å². The highest BCUT2D eigenvalue weighted by Gasteiger charge is 2.56. The molecule has 5 atom stereocenters. The summed E-state index contributed by atoms with van der Waals surface area (Å²) in [5.41, 5.74) is 2.58. The molecule has 0 N–H and O–H groups in total. The summed E-state index contributed by atoms with van der Waals surface area (Å²) in [5, 5.41) is 0. The Morgan fingerprint density at radius 1 is 1.10 bits per heavy atom. The maximum Gasteiger partial charge on any atom is 0.000250 e. The molecule has 0 aromatic carbocycles. The zero-order chi connectivity index (χ0) is 14.5. The summed E-state index contributed by atoms with van der Waals surface area (Å²) in [4.78, 5) is 0. The first kappa shape index (κ1) is 14.4. The van der Waals surface area contributed by atoms with Crippen LogP contribution in [0, 0.1) is 34.5 Å². The summed E-state index contributed by atoms with van der Waals surface area (Å²) in [7, 11) is 0. The van der Waals surface area contributed by atoms with E-state index in [4.69, 9.17) is 0 Å². The van der Waals surface area contributed by atoms with Gasteiger partial charge in [-0.15, -0.1) is 6.58 Å². The van der Waals surface area contributed by atoms with Crippen LogP contribution in [0.15, 0.2) is 24.8 Å². The van der Waals surface area contributed by atoms with Gasteiger partial charge in [-0.2, -0.15) is 0 Å². The highest BCUT2D eigenvalue weighted by molar-refractivity contribution is 5.18. The molecule has 0 aromatic rings. The van der Waals surface area contributed by atoms with Gasteiger partial charge < -0.3 is 0 Å². The molecule has 20 heavy (non-hydrogen) atoms. The largest absolute Gasteiger partial charge is 0.102 e. The Labute approximate surface area is 125 Å². The normalized spacial score (nSPS) is 47.2. The minimum atomic E-state index is 0.552. The van der Waals surface area contributed by atoms with E-state index in [-0.39, 0.29) is 0 Å². The molecule has 0 spiro atoms. The van der Waals surface area contributed by atoms with Gasteiger partial charge in [0.15, 0.2) is 0 Å². The number of hydrogen-bond acceptors (Lipinski definition) is 0. The first-order valence-corrected chi connectivity index (χ1v) is 8.70. The van der Waals surface area contributed by atoms with Gasteiger partial charge in [-0.25, -0.2) is 0 Å². The van der Waals surface area contributed by atoms with Crippen molar-refractivity contribution >= 4 is 0 Å². The zero-order valence-corrected chi connectivity index (χ0v) is 13.8. The second kappa shape index (κ2) is 4.75. The van der Waals surface area contributed by atoms with Gasteiger partial charge in [0.1, 0.15) is 0 Å². The Kier molecular flexibility index (Phi) is 3.42. The fraction of sp³-hybridized carbons (Fsp3) is 0.800. The van der Waals surface area contributed by atoms with Gasteiger partial charge >= 0.3 is 0 Å². The van der Waals surface area contributed by atoms with Crippen molar-refractivity contribution in [1.82, 2.24) is 0 Å². The van der Waals surface area contributed by atoms with Crippen LogP contribution in [-0.2, 0) is 0 Å². The van der Waals surface area contributed by atoms with Gasteiger partial charge in [0, 0.05) is 5.92 Å². The van der Waals surface area contributed by atoms with Gasteiger partial charge in [0.05, 0.1) is 0 Å². The van der Waals surface area contributed by atoms with Crippen molar-refractivity contribution in [1.29, 1.82) is 0 Å². The molecule has 0 unspecified atom stereocenters. The summed E-state index contributed by atoms with van der Waals surface area (Å²) >= 11 is 0. The van der Waals surface area contributed by atoms with Crippen molar-refractivity contribution in [3.8, 4) is 0 Å². The van der Waals surface area contributed by atoms with Gasteiger partial charge in [-0.1, -0.05) is 45.4 Å². The Morgan fingerprint density at radius 3 is 2.55 bits per heavy atom. The van der Waals surface area contributed by atoms with E-state index in [1.165, 1.54) is 50.5 Å². The van der Waals surface area contributed by atoms with Crippen LogP contribution >= 0.6 is 0 Å². The number of fused-ring (bicyclic) bond motifs is 3. The van der Waals surface area contributed by atoms with Crippen LogP contribution in [0.2, 0.25) is 0 Å². The molecule has 0 saturated heterocycles. The van der Waals surface area contributed by atoms with E-state index in [1.807, 2.05) is 0 Å². The molecule has 0 bridgehead atoms. The fourth-order valence-corrected chi connectivity index (χ4v) is 6.51. The maximum atomic E-state index is 4.34. The van der Waals surface area contributed by atoms with Crippen molar-refractivity contribution in [3.63, 3.8) is 0 Å². The SMILES string of the molecule is C=C[C@H]1C(=C)CC[C@H]2[C@H]1CC[C@H]1C(C)(C)CCC[C@]21C. The van der Waals surface area contributed by atoms with Crippen LogP contribution in [0.5, 0.6) is 0 Å². The minimum absolute atomic E-state index is 0.552. The van der Waals surface area contributed by atoms with Crippen molar-refractivity contribution in [2.75, 3.05) is 0 Å². The van der Waals surface area contributed by atoms with Gasteiger partial charge in [0.25, 0.3) is 0 Å². The van der Waals surface area contributed by atoms with E-state index < -0.39 is 0 Å². The molecule has 0 radical (unpaired) electrons. The molecule has 0 heterocycles. The topological polar surface area (TPSA) is 0 Å². The summed E-state index contributed by atoms with van der Waals surface area (Å²) in [6, 6.07) is 0. The standard InChI is InChI=1S/C20H32/c1-6-15-14(2)8-10-17-16(15)9-11-18-19(3,4)12-7-13-20(17,18)5/h6,15-18H,1-2,7-13H2,3-5H3/t15-,16-,17-,18-,20+/m0/s1. The van der Waals surface area contributed by atoms with E-state index in [0.29, 0.717) is 16.7 Å². The second-order valence-electron chi connectivity index (χ2n) is 8.71. The first-order chi connectivity index (χ1) is 9.40. The number of hydrogen-bond donors (Lipinski definition) is 0. The molecular formula is C20H32. The molecule has 0 nitrogen and oxygen atoms in total. The van der Waals surface area contributed by atoms with Crippen LogP contribution in [0.4, 0.5) is 0 Å². The third-order valence-electron chi connectivity index (χ3n) is 7.39. The Hall–Kier alpha value is -0.520. The summed E-state index contributed by atoms with van der Waals surface area (Å²) in [5.74, 6) is 3.27. The molecule has 0 aromatic heterocycles. The van der Waals surface area contributed by atoms with E-state index in [1.54, 1.807) is 0 Å². The molecule has 0 heteroatoms. The van der Waals surface area contributed by atoms with Crippen LogP contribution in [-0.4, -0.2) is 0 Å². The number of allylic oxidation sites excluding steroid dienone is 2. The predicted octanol–water partition coefficient (Wildman–Crippen LogP) is 6.00. The number of rotatable bonds is 1. The third kappa shape index (κ3) is 1.94. The minimum Gasteiger partial charge on any atom is -0.102 e. The van der Waals surface area contributed by atoms with E-state index >= 15 is 0 Å². The highest BCUT2D eigenvalue weighted by Crippen LogP contribution is 2.64. The molecule has 112 valence electrons. The molecule has 3 aliphatic rings. The van der Waals surface area contributed by atoms with Crippen LogP contribution in [0.1, 0.15) is 65.7 Å². The molecule has 0 aliphatic heterocycles. The maximum absolute atomic E-state index is 4.34. The van der Waals surface area contributed by atoms with E-state index in [0.717, 1.165) is 17.8 Å². The molecule has 3 aliphatic carbocycles. The van der Waals surface area contributed by atoms with Crippen molar-refractivity contribution in [2.45, 2.75) is 65.7 Å². The Morgan fingerprint density at radius 2 is 1.85 bits per heavy atom. The Bertz CT molecular complexity index is 416. The van der Waals surface area contributed by atoms with E-state index in [9.17, 15) is 0 Å². The predicted molar refractivity (Wildman–Crippen MR) is 87.5 cm³/mol. The lowest BCUT2D eigenvalue weighted by Crippen LogP contribution is -2.53. The quantitative estimate of drug-likeness (QED) is 0.514. The molecule has 3 rings (SSSR count). The molecule has 0 amide bonds. The molecular weight excluding hydrogens is 240 g/mol. The van der Waals surface area contributed by atoms with Crippen molar-refractivity contribution in [3.05, 3.63) is 24.8 Å². The Balaban J connectivity index is 1.94. The average Bonchev–Trinajstić information content (AvgIpc) is 2.37. The lowest BCUT2D eigenvalue weighted by Gasteiger charge is -2.61. The van der Waals surface area contributed by atoms with Gasteiger partial charge in [0.2, 0.25) is 0 Å². The van der Waals surface area contributed by atoms with E-state index in [2.05, 4.69) is 40.0 Å². The van der Waals surface area contributed by atoms with Crippen molar-refractivity contribution in [2.24, 2.45) is 34.5 Å². The monoisotopic (exact) mass is 272 g/mol. The summed E-state index contributed by atoms with van der Waals surface area (Å²) in [6.07, 6.45) is 12.0. The molecule has 3 saturated carbocycles. The van der Waals surface area contributed by atoms with Crippen LogP contribution in [0.25, 0.3) is 0 Å². The average molecular weight is 272 g/mol. The lowest BCUT2D eigenvalue weighted by atomic mass is 9.43. The zero-order valence-electron chi connectivity index (χ0n) is 13.8. The van der Waals surface area contributed by atoms with Crippen LogP contribution < -0.4 is 0 Å². The first-order valence-electron chi connectivity index (χ1n) is 8.70. The lowest BCUT2D eigenvalue weighted by molar-refractivity contribution is -0.110. The fourth-order valence-electron chi connectivity index (χ4n) is 6.51. The van der Waals surface area contributed by atoms with Crippen LogP contribution in [0.3, 0.4) is 0 Å². The smallest absolute Gasteiger partial charge is 0.000250 e. The van der Waals surface area contributed by atoms with Crippen molar-refractivity contribution < 1.29 is 0 Å². The third-order valence-corrected chi connectivity index (χ3v) is 7.39. The van der Waals surface area contributed by atoms with Gasteiger partial charge in [-0.3, -0.25) is 0 Å². The summed E-state index contributed by atoms with van der Waals surface area (Å²) in [6.45, 7) is 16.2. The molecule has 3 fully saturated rings. The summed E-state index contributed by atoms with van der Waals surface area (Å²) < 4.78 is 0.